The third-order valence-electron chi connectivity index (χ3n) is 2.33. The highest BCUT2D eigenvalue weighted by molar-refractivity contribution is 8.00. The average Bonchev–Trinajstić information content (AvgIpc) is 2.80. The molecule has 96 valence electrons. The minimum absolute atomic E-state index is 0.122. The van der Waals surface area contributed by atoms with Crippen molar-refractivity contribution in [3.05, 3.63) is 52.2 Å². The zero-order chi connectivity index (χ0) is 13.2. The molecule has 1 nitrogen and oxygen atoms in total. The first-order valence-electron chi connectivity index (χ1n) is 5.11. The molecule has 1 atom stereocenters. The quantitative estimate of drug-likeness (QED) is 0.847. The molecule has 2 aromatic rings. The second-order valence-electron chi connectivity index (χ2n) is 3.58. The largest absolute Gasteiger partial charge is 0.446 e. The van der Waals surface area contributed by atoms with Crippen LogP contribution in [0.1, 0.15) is 16.5 Å². The summed E-state index contributed by atoms with van der Waals surface area (Å²) >= 11 is 1.31. The van der Waals surface area contributed by atoms with Crippen molar-refractivity contribution < 1.29 is 13.2 Å². The molecule has 0 unspecified atom stereocenters. The van der Waals surface area contributed by atoms with E-state index in [9.17, 15) is 13.2 Å². The molecule has 6 heteroatoms. The molecule has 0 aliphatic rings. The van der Waals surface area contributed by atoms with Gasteiger partial charge in [-0.25, -0.2) is 0 Å². The van der Waals surface area contributed by atoms with Crippen LogP contribution >= 0.6 is 23.1 Å². The number of thioether (sulfide) groups is 1. The summed E-state index contributed by atoms with van der Waals surface area (Å²) in [4.78, 5) is 1.01. The second kappa shape index (κ2) is 5.34. The predicted molar refractivity (Wildman–Crippen MR) is 68.7 cm³/mol. The van der Waals surface area contributed by atoms with Gasteiger partial charge in [0.2, 0.25) is 0 Å². The van der Waals surface area contributed by atoms with Crippen molar-refractivity contribution in [1.29, 1.82) is 0 Å². The Balaban J connectivity index is 2.33. The van der Waals surface area contributed by atoms with Crippen LogP contribution in [0, 0.1) is 0 Å². The van der Waals surface area contributed by atoms with Crippen LogP contribution in [0.3, 0.4) is 0 Å². The van der Waals surface area contributed by atoms with Crippen molar-refractivity contribution in [2.45, 2.75) is 16.4 Å². The zero-order valence-corrected chi connectivity index (χ0v) is 10.8. The fourth-order valence-corrected chi connectivity index (χ4v) is 3.03. The molecular weight excluding hydrogens is 279 g/mol. The molecule has 0 aliphatic carbocycles. The van der Waals surface area contributed by atoms with Crippen molar-refractivity contribution in [3.8, 4) is 0 Å². The van der Waals surface area contributed by atoms with E-state index in [0.717, 1.165) is 4.88 Å². The first-order valence-corrected chi connectivity index (χ1v) is 6.80. The number of nitrogens with two attached hydrogens (primary N) is 1. The second-order valence-corrected chi connectivity index (χ2v) is 5.66. The van der Waals surface area contributed by atoms with Crippen LogP contribution in [0.2, 0.25) is 0 Å². The van der Waals surface area contributed by atoms with Crippen LogP contribution in [0.15, 0.2) is 46.7 Å². The Morgan fingerprint density at radius 2 is 1.83 bits per heavy atom. The van der Waals surface area contributed by atoms with Gasteiger partial charge < -0.3 is 5.73 Å². The Morgan fingerprint density at radius 1 is 1.11 bits per heavy atom. The number of hydrogen-bond donors (Lipinski definition) is 1. The van der Waals surface area contributed by atoms with Gasteiger partial charge in [0, 0.05) is 9.77 Å². The summed E-state index contributed by atoms with van der Waals surface area (Å²) in [7, 11) is 0. The van der Waals surface area contributed by atoms with Crippen LogP contribution in [0.25, 0.3) is 0 Å². The van der Waals surface area contributed by atoms with E-state index in [1.165, 1.54) is 17.4 Å². The van der Waals surface area contributed by atoms with Gasteiger partial charge in [0.25, 0.3) is 0 Å². The molecule has 0 spiro atoms. The molecule has 0 saturated heterocycles. The van der Waals surface area contributed by atoms with E-state index < -0.39 is 11.6 Å². The summed E-state index contributed by atoms with van der Waals surface area (Å²) in [5.41, 5.74) is 2.21. The van der Waals surface area contributed by atoms with E-state index in [4.69, 9.17) is 5.73 Å². The zero-order valence-electron chi connectivity index (χ0n) is 9.15. The van der Waals surface area contributed by atoms with Crippen molar-refractivity contribution >= 4 is 23.1 Å². The molecule has 0 bridgehead atoms. The van der Waals surface area contributed by atoms with Crippen molar-refractivity contribution in [2.24, 2.45) is 5.73 Å². The highest BCUT2D eigenvalue weighted by Gasteiger charge is 2.31. The molecule has 1 heterocycles. The van der Waals surface area contributed by atoms with Crippen LogP contribution in [0.4, 0.5) is 13.2 Å². The van der Waals surface area contributed by atoms with E-state index in [1.54, 1.807) is 18.2 Å². The molecule has 0 saturated carbocycles. The maximum absolute atomic E-state index is 12.5. The van der Waals surface area contributed by atoms with E-state index in [2.05, 4.69) is 0 Å². The Hall–Kier alpha value is -0.980. The lowest BCUT2D eigenvalue weighted by Gasteiger charge is -2.15. The van der Waals surface area contributed by atoms with Crippen LogP contribution in [0.5, 0.6) is 0 Å². The van der Waals surface area contributed by atoms with Crippen molar-refractivity contribution in [2.75, 3.05) is 0 Å². The molecule has 1 aromatic heterocycles. The first-order chi connectivity index (χ1) is 8.47. The standard InChI is InChI=1S/C12H10F3NS2/c13-12(14,15)18-9-5-2-1-4-8(9)11(16)10-6-3-7-17-10/h1-7,11H,16H2/t11-/m1/s1. The van der Waals surface area contributed by atoms with Crippen molar-refractivity contribution in [1.82, 2.24) is 0 Å². The summed E-state index contributed by atoms with van der Waals surface area (Å²) in [6.45, 7) is 0. The Bertz CT molecular complexity index is 508. The molecule has 2 rings (SSSR count). The first kappa shape index (κ1) is 13.5. The van der Waals surface area contributed by atoms with Gasteiger partial charge >= 0.3 is 5.51 Å². The number of benzene rings is 1. The highest BCUT2D eigenvalue weighted by atomic mass is 32.2. The fraction of sp³-hybridized carbons (Fsp3) is 0.167. The van der Waals surface area contributed by atoms with Gasteiger partial charge in [-0.3, -0.25) is 0 Å². The number of thiophene rings is 1. The summed E-state index contributed by atoms with van der Waals surface area (Å²) in [6, 6.07) is 9.50. The van der Waals surface area contributed by atoms with Crippen LogP contribution in [-0.4, -0.2) is 5.51 Å². The highest BCUT2D eigenvalue weighted by Crippen LogP contribution is 2.40. The Kier molecular flexibility index (Phi) is 3.99. The topological polar surface area (TPSA) is 26.0 Å². The SMILES string of the molecule is N[C@@H](c1cccs1)c1ccccc1SC(F)(F)F. The average molecular weight is 289 g/mol. The number of rotatable bonds is 3. The molecule has 18 heavy (non-hydrogen) atoms. The third-order valence-corrected chi connectivity index (χ3v) is 4.11. The summed E-state index contributed by atoms with van der Waals surface area (Å²) in [5.74, 6) is 0. The molecule has 0 aliphatic heterocycles. The van der Waals surface area contributed by atoms with E-state index >= 15 is 0 Å². The van der Waals surface area contributed by atoms with Gasteiger partial charge in [-0.05, 0) is 34.8 Å². The van der Waals surface area contributed by atoms with E-state index in [1.807, 2.05) is 17.5 Å². The van der Waals surface area contributed by atoms with Crippen LogP contribution in [-0.2, 0) is 0 Å². The minimum atomic E-state index is -4.30. The third kappa shape index (κ3) is 3.28. The minimum Gasteiger partial charge on any atom is -0.320 e. The lowest BCUT2D eigenvalue weighted by Crippen LogP contribution is -2.12. The van der Waals surface area contributed by atoms with Gasteiger partial charge in [0.15, 0.2) is 0 Å². The summed E-state index contributed by atoms with van der Waals surface area (Å²) < 4.78 is 37.4. The Morgan fingerprint density at radius 3 is 2.44 bits per heavy atom. The molecule has 0 fully saturated rings. The number of alkyl halides is 3. The van der Waals surface area contributed by atoms with E-state index in [-0.39, 0.29) is 16.7 Å². The number of hydrogen-bond acceptors (Lipinski definition) is 3. The van der Waals surface area contributed by atoms with Crippen LogP contribution < -0.4 is 5.73 Å². The maximum Gasteiger partial charge on any atom is 0.446 e. The monoisotopic (exact) mass is 289 g/mol. The van der Waals surface area contributed by atoms with Gasteiger partial charge in [0.05, 0.1) is 6.04 Å². The molecule has 2 N–H and O–H groups in total. The van der Waals surface area contributed by atoms with Gasteiger partial charge in [-0.2, -0.15) is 13.2 Å². The molecule has 0 amide bonds. The number of halogens is 3. The molecule has 0 radical (unpaired) electrons. The predicted octanol–water partition coefficient (Wildman–Crippen LogP) is 4.41. The Labute approximate surface area is 111 Å². The lowest BCUT2D eigenvalue weighted by molar-refractivity contribution is -0.0328. The van der Waals surface area contributed by atoms with Gasteiger partial charge in [0.1, 0.15) is 0 Å². The molecule has 1 aromatic carbocycles. The lowest BCUT2D eigenvalue weighted by atomic mass is 10.1. The van der Waals surface area contributed by atoms with Gasteiger partial charge in [-0.15, -0.1) is 11.3 Å². The summed E-state index contributed by atoms with van der Waals surface area (Å²) in [5, 5.41) is 1.86. The maximum atomic E-state index is 12.5. The van der Waals surface area contributed by atoms with E-state index in [0.29, 0.717) is 5.56 Å². The molecular formula is C12H10F3NS2. The normalized spacial score (nSPS) is 13.6. The van der Waals surface area contributed by atoms with Crippen molar-refractivity contribution in [3.63, 3.8) is 0 Å². The smallest absolute Gasteiger partial charge is 0.320 e. The summed E-state index contributed by atoms with van der Waals surface area (Å²) in [6.07, 6.45) is 0. The fourth-order valence-electron chi connectivity index (χ4n) is 1.58. The van der Waals surface area contributed by atoms with Gasteiger partial charge in [-0.1, -0.05) is 24.3 Å².